The van der Waals surface area contributed by atoms with Crippen LogP contribution in [-0.2, 0) is 11.3 Å². The molecule has 0 radical (unpaired) electrons. The predicted octanol–water partition coefficient (Wildman–Crippen LogP) is 5.65. The van der Waals surface area contributed by atoms with Gasteiger partial charge >= 0.3 is 6.09 Å². The molecule has 38 heavy (non-hydrogen) atoms. The second-order valence-corrected chi connectivity index (χ2v) is 12.1. The van der Waals surface area contributed by atoms with Crippen LogP contribution < -0.4 is 21.1 Å². The van der Waals surface area contributed by atoms with Gasteiger partial charge in [-0.15, -0.1) is 0 Å². The lowest BCUT2D eigenvalue weighted by Gasteiger charge is -2.39. The molecule has 1 aliphatic carbocycles. The molecule has 3 N–H and O–H groups in total. The molecule has 0 spiro atoms. The number of nitrogens with zero attached hydrogens (tertiary/aromatic N) is 1. The summed E-state index contributed by atoms with van der Waals surface area (Å²) < 4.78 is 6.24. The van der Waals surface area contributed by atoms with E-state index in [1.54, 1.807) is 0 Å². The second-order valence-electron chi connectivity index (χ2n) is 11.2. The van der Waals surface area contributed by atoms with Crippen LogP contribution >= 0.6 is 15.9 Å². The van der Waals surface area contributed by atoms with Gasteiger partial charge in [0.05, 0.1) is 0 Å². The highest BCUT2D eigenvalue weighted by Crippen LogP contribution is 2.33. The number of nitrogens with one attached hydrogen (secondary N) is 3. The van der Waals surface area contributed by atoms with Crippen molar-refractivity contribution in [2.45, 2.75) is 98.4 Å². The molecule has 0 bridgehead atoms. The zero-order valence-electron chi connectivity index (χ0n) is 23.6. The number of alkyl carbamates (subject to hydrolysis) is 1. The Balaban J connectivity index is 1.71. The fraction of sp³-hybridized carbons (Fsp3) is 0.552. The van der Waals surface area contributed by atoms with Gasteiger partial charge in [-0.05, 0) is 103 Å². The number of carbonyl (C=O) groups is 2. The van der Waals surface area contributed by atoms with E-state index in [1.807, 2.05) is 53.7 Å². The van der Waals surface area contributed by atoms with Gasteiger partial charge in [0.2, 0.25) is 0 Å². The van der Waals surface area contributed by atoms with E-state index in [4.69, 9.17) is 4.74 Å². The van der Waals surface area contributed by atoms with Crippen LogP contribution in [0.3, 0.4) is 0 Å². The van der Waals surface area contributed by atoms with E-state index in [9.17, 15) is 14.4 Å². The maximum Gasteiger partial charge on any atom is 0.407 e. The summed E-state index contributed by atoms with van der Waals surface area (Å²) in [4.78, 5) is 43.0. The Bertz CT molecular complexity index is 1230. The molecule has 0 atom stereocenters. The third kappa shape index (κ3) is 7.62. The Morgan fingerprint density at radius 2 is 1.76 bits per heavy atom. The summed E-state index contributed by atoms with van der Waals surface area (Å²) in [5, 5.41) is 5.95. The molecule has 0 aliphatic heterocycles. The molecule has 0 saturated heterocycles. The lowest BCUT2D eigenvalue weighted by Crippen LogP contribution is -2.45. The highest BCUT2D eigenvalue weighted by atomic mass is 79.9. The maximum absolute atomic E-state index is 13.2. The van der Waals surface area contributed by atoms with Crippen molar-refractivity contribution < 1.29 is 14.3 Å². The molecule has 1 saturated carbocycles. The molecular formula is C29H41BrN4O4. The van der Waals surface area contributed by atoms with Crippen molar-refractivity contribution in [3.05, 3.63) is 61.0 Å². The number of carbonyl (C=O) groups excluding carboxylic acids is 2. The Hall–Kier alpha value is -2.81. The normalized spacial score (nSPS) is 17.6. The number of rotatable bonds is 7. The summed E-state index contributed by atoms with van der Waals surface area (Å²) in [6.45, 7) is 14.4. The SMILES string of the molecule is CCN(c1cc(Br)cc(C(=O)NCc2c(C)cc(C)[nH]c2=O)c1C)[C@H]1CC[C@H](NC(=O)OC(C)(C)C)CC1. The van der Waals surface area contributed by atoms with Crippen molar-refractivity contribution in [2.24, 2.45) is 0 Å². The van der Waals surface area contributed by atoms with E-state index in [1.165, 1.54) is 0 Å². The maximum atomic E-state index is 13.2. The first-order chi connectivity index (χ1) is 17.8. The number of aryl methyl sites for hydroxylation is 2. The third-order valence-electron chi connectivity index (χ3n) is 7.02. The summed E-state index contributed by atoms with van der Waals surface area (Å²) >= 11 is 3.60. The molecule has 9 heteroatoms. The summed E-state index contributed by atoms with van der Waals surface area (Å²) in [6.07, 6.45) is 3.22. The van der Waals surface area contributed by atoms with Crippen LogP contribution in [0.4, 0.5) is 10.5 Å². The predicted molar refractivity (Wildman–Crippen MR) is 155 cm³/mol. The second kappa shape index (κ2) is 12.4. The van der Waals surface area contributed by atoms with Gasteiger partial charge in [-0.3, -0.25) is 9.59 Å². The van der Waals surface area contributed by atoms with Gasteiger partial charge in [0.15, 0.2) is 0 Å². The Labute approximate surface area is 234 Å². The monoisotopic (exact) mass is 588 g/mol. The number of H-pyrrole nitrogens is 1. The van der Waals surface area contributed by atoms with Crippen LogP contribution in [0.5, 0.6) is 0 Å². The van der Waals surface area contributed by atoms with Crippen molar-refractivity contribution in [3.8, 4) is 0 Å². The number of pyridine rings is 1. The molecule has 0 unspecified atom stereocenters. The highest BCUT2D eigenvalue weighted by molar-refractivity contribution is 9.10. The standard InChI is InChI=1S/C29H41BrN4O4/c1-8-34(22-11-9-21(10-12-22)33-28(37)38-29(5,6)7)25-15-20(30)14-23(19(25)4)26(35)31-16-24-17(2)13-18(3)32-27(24)36/h13-15,21-22H,8-12,16H2,1-7H3,(H,31,35)(H,32,36)(H,33,37)/t21-,22-. The van der Waals surface area contributed by atoms with Gasteiger partial charge in [0.25, 0.3) is 11.5 Å². The largest absolute Gasteiger partial charge is 0.444 e. The van der Waals surface area contributed by atoms with Gasteiger partial charge in [-0.1, -0.05) is 15.9 Å². The average molecular weight is 590 g/mol. The summed E-state index contributed by atoms with van der Waals surface area (Å²) in [5.41, 5.74) is 4.01. The molecule has 2 aromatic rings. The van der Waals surface area contributed by atoms with E-state index >= 15 is 0 Å². The molecule has 1 heterocycles. The molecule has 1 fully saturated rings. The zero-order chi connectivity index (χ0) is 28.2. The number of benzene rings is 1. The number of amides is 2. The topological polar surface area (TPSA) is 104 Å². The van der Waals surface area contributed by atoms with Crippen molar-refractivity contribution in [1.82, 2.24) is 15.6 Å². The molecular weight excluding hydrogens is 548 g/mol. The van der Waals surface area contributed by atoms with Crippen LogP contribution in [0.15, 0.2) is 27.5 Å². The van der Waals surface area contributed by atoms with E-state index in [-0.39, 0.29) is 30.1 Å². The smallest absolute Gasteiger partial charge is 0.407 e. The molecule has 3 rings (SSSR count). The fourth-order valence-corrected chi connectivity index (χ4v) is 5.64. The molecule has 8 nitrogen and oxygen atoms in total. The van der Waals surface area contributed by atoms with Gasteiger partial charge in [-0.25, -0.2) is 4.79 Å². The van der Waals surface area contributed by atoms with Crippen LogP contribution in [0.25, 0.3) is 0 Å². The van der Waals surface area contributed by atoms with Crippen molar-refractivity contribution in [3.63, 3.8) is 0 Å². The Morgan fingerprint density at radius 3 is 2.34 bits per heavy atom. The molecule has 1 aromatic heterocycles. The van der Waals surface area contributed by atoms with Crippen LogP contribution in [-0.4, -0.2) is 41.2 Å². The zero-order valence-corrected chi connectivity index (χ0v) is 25.2. The van der Waals surface area contributed by atoms with Gasteiger partial charge < -0.3 is 25.3 Å². The Morgan fingerprint density at radius 1 is 1.11 bits per heavy atom. The molecule has 1 aromatic carbocycles. The minimum Gasteiger partial charge on any atom is -0.444 e. The highest BCUT2D eigenvalue weighted by Gasteiger charge is 2.29. The van der Waals surface area contributed by atoms with Crippen LogP contribution in [0.2, 0.25) is 0 Å². The lowest BCUT2D eigenvalue weighted by molar-refractivity contribution is 0.0491. The first-order valence-electron chi connectivity index (χ1n) is 13.3. The molecule has 2 amide bonds. The number of hydrogen-bond acceptors (Lipinski definition) is 5. The summed E-state index contributed by atoms with van der Waals surface area (Å²) in [6, 6.07) is 6.20. The third-order valence-corrected chi connectivity index (χ3v) is 7.48. The van der Waals surface area contributed by atoms with Crippen molar-refractivity contribution in [1.29, 1.82) is 0 Å². The van der Waals surface area contributed by atoms with Crippen molar-refractivity contribution in [2.75, 3.05) is 11.4 Å². The van der Waals surface area contributed by atoms with Gasteiger partial charge in [0.1, 0.15) is 5.60 Å². The minimum absolute atomic E-state index is 0.0955. The van der Waals surface area contributed by atoms with E-state index in [0.717, 1.165) is 59.2 Å². The first-order valence-corrected chi connectivity index (χ1v) is 14.1. The fourth-order valence-electron chi connectivity index (χ4n) is 5.20. The number of aromatic nitrogens is 1. The number of anilines is 1. The summed E-state index contributed by atoms with van der Waals surface area (Å²) in [5.74, 6) is -0.217. The Kier molecular flexibility index (Phi) is 9.68. The lowest BCUT2D eigenvalue weighted by atomic mass is 9.89. The number of hydrogen-bond donors (Lipinski definition) is 3. The molecule has 1 aliphatic rings. The van der Waals surface area contributed by atoms with E-state index < -0.39 is 5.60 Å². The van der Waals surface area contributed by atoms with E-state index in [2.05, 4.69) is 49.4 Å². The number of aromatic amines is 1. The average Bonchev–Trinajstić information content (AvgIpc) is 2.80. The number of ether oxygens (including phenoxy) is 1. The van der Waals surface area contributed by atoms with Gasteiger partial charge in [-0.2, -0.15) is 0 Å². The summed E-state index contributed by atoms with van der Waals surface area (Å²) in [7, 11) is 0. The first kappa shape index (κ1) is 29.7. The van der Waals surface area contributed by atoms with Crippen LogP contribution in [0.1, 0.15) is 86.1 Å². The van der Waals surface area contributed by atoms with Gasteiger partial charge in [0, 0.05) is 52.2 Å². The van der Waals surface area contributed by atoms with Crippen LogP contribution in [0, 0.1) is 20.8 Å². The minimum atomic E-state index is -0.517. The quantitative estimate of drug-likeness (QED) is 0.387. The van der Waals surface area contributed by atoms with Crippen molar-refractivity contribution >= 4 is 33.6 Å². The van der Waals surface area contributed by atoms with E-state index in [0.29, 0.717) is 17.2 Å². The molecule has 208 valence electrons. The number of halogens is 1.